The lowest BCUT2D eigenvalue weighted by Gasteiger charge is -2.22. The fourth-order valence-corrected chi connectivity index (χ4v) is 1.42. The van der Waals surface area contributed by atoms with Crippen LogP contribution < -0.4 is 5.32 Å². The second kappa shape index (κ2) is 6.26. The van der Waals surface area contributed by atoms with E-state index in [0.29, 0.717) is 11.8 Å². The number of aldehydes is 1. The molecule has 1 amide bonds. The van der Waals surface area contributed by atoms with E-state index < -0.39 is 23.7 Å². The number of nitrogens with zero attached hydrogens (tertiary/aromatic N) is 1. The van der Waals surface area contributed by atoms with Crippen molar-refractivity contribution in [3.05, 3.63) is 29.8 Å². The maximum Gasteiger partial charge on any atom is 0.408 e. The minimum Gasteiger partial charge on any atom is -0.444 e. The van der Waals surface area contributed by atoms with Crippen LogP contribution in [0, 0.1) is 5.95 Å². The zero-order valence-corrected chi connectivity index (χ0v) is 11.1. The van der Waals surface area contributed by atoms with Gasteiger partial charge in [0, 0.05) is 12.6 Å². The molecule has 0 radical (unpaired) electrons. The van der Waals surface area contributed by atoms with Crippen LogP contribution in [0.25, 0.3) is 0 Å². The van der Waals surface area contributed by atoms with Crippen molar-refractivity contribution in [2.45, 2.75) is 38.8 Å². The molecule has 0 spiro atoms. The Balaban J connectivity index is 2.75. The van der Waals surface area contributed by atoms with E-state index in [1.165, 1.54) is 18.3 Å². The maximum atomic E-state index is 12.7. The van der Waals surface area contributed by atoms with E-state index >= 15 is 0 Å². The molecular weight excluding hydrogens is 251 g/mol. The molecule has 0 fully saturated rings. The highest BCUT2D eigenvalue weighted by atomic mass is 19.1. The summed E-state index contributed by atoms with van der Waals surface area (Å²) < 4.78 is 17.8. The third-order valence-corrected chi connectivity index (χ3v) is 2.18. The van der Waals surface area contributed by atoms with Gasteiger partial charge in [0.2, 0.25) is 5.95 Å². The molecule has 0 bridgehead atoms. The average molecular weight is 268 g/mol. The summed E-state index contributed by atoms with van der Waals surface area (Å²) in [5, 5.41) is 2.56. The monoisotopic (exact) mass is 268 g/mol. The van der Waals surface area contributed by atoms with Gasteiger partial charge in [0.1, 0.15) is 11.9 Å². The number of alkyl carbamates (subject to hydrolysis) is 1. The molecular formula is C13H17FN2O3. The van der Waals surface area contributed by atoms with Crippen molar-refractivity contribution < 1.29 is 18.7 Å². The Morgan fingerprint density at radius 2 is 2.21 bits per heavy atom. The van der Waals surface area contributed by atoms with E-state index in [-0.39, 0.29) is 6.42 Å². The quantitative estimate of drug-likeness (QED) is 0.672. The van der Waals surface area contributed by atoms with Gasteiger partial charge in [0.15, 0.2) is 0 Å². The molecule has 1 rings (SSSR count). The van der Waals surface area contributed by atoms with Crippen molar-refractivity contribution >= 4 is 12.4 Å². The number of carbonyl (C=O) groups is 2. The first-order valence-electron chi connectivity index (χ1n) is 5.86. The molecule has 6 heteroatoms. The Kier molecular flexibility index (Phi) is 4.97. The van der Waals surface area contributed by atoms with Crippen LogP contribution in [-0.4, -0.2) is 23.0 Å². The van der Waals surface area contributed by atoms with Crippen molar-refractivity contribution in [2.24, 2.45) is 0 Å². The van der Waals surface area contributed by atoms with E-state index in [9.17, 15) is 14.0 Å². The van der Waals surface area contributed by atoms with Crippen LogP contribution in [0.5, 0.6) is 0 Å². The molecule has 1 aromatic heterocycles. The summed E-state index contributed by atoms with van der Waals surface area (Å²) in [7, 11) is 0. The van der Waals surface area contributed by atoms with Crippen LogP contribution in [0.15, 0.2) is 18.3 Å². The lowest BCUT2D eigenvalue weighted by atomic mass is 10.1. The number of ether oxygens (including phenoxy) is 1. The Labute approximate surface area is 111 Å². The smallest absolute Gasteiger partial charge is 0.408 e. The Morgan fingerprint density at radius 1 is 1.53 bits per heavy atom. The highest BCUT2D eigenvalue weighted by molar-refractivity contribution is 5.69. The summed E-state index contributed by atoms with van der Waals surface area (Å²) in [4.78, 5) is 25.8. The minimum atomic E-state index is -0.635. The number of hydrogen-bond donors (Lipinski definition) is 1. The number of amides is 1. The molecule has 104 valence electrons. The number of rotatable bonds is 4. The molecule has 1 N–H and O–H groups in total. The van der Waals surface area contributed by atoms with Crippen molar-refractivity contribution in [3.8, 4) is 0 Å². The maximum absolute atomic E-state index is 12.7. The van der Waals surface area contributed by atoms with E-state index in [1.54, 1.807) is 20.8 Å². The van der Waals surface area contributed by atoms with Crippen molar-refractivity contribution in [1.29, 1.82) is 0 Å². The van der Waals surface area contributed by atoms with Crippen LogP contribution in [-0.2, 0) is 9.53 Å². The van der Waals surface area contributed by atoms with Crippen molar-refractivity contribution in [3.63, 3.8) is 0 Å². The van der Waals surface area contributed by atoms with Crippen LogP contribution in [0.1, 0.15) is 38.8 Å². The lowest BCUT2D eigenvalue weighted by Crippen LogP contribution is -2.35. The highest BCUT2D eigenvalue weighted by Gasteiger charge is 2.20. The van der Waals surface area contributed by atoms with Gasteiger partial charge in [-0.25, -0.2) is 9.78 Å². The second-order valence-corrected chi connectivity index (χ2v) is 5.02. The minimum absolute atomic E-state index is 0.0621. The number of carbonyl (C=O) groups excluding carboxylic acids is 2. The number of hydrogen-bond acceptors (Lipinski definition) is 4. The average Bonchev–Trinajstić information content (AvgIpc) is 2.27. The standard InChI is InChI=1S/C13H17FN2O3/c1-13(2,3)19-12(18)16-10(6-7-17)9-4-5-11(14)15-8-9/h4-5,7-8,10H,6H2,1-3H3,(H,16,18)/t10-/m0/s1. The lowest BCUT2D eigenvalue weighted by molar-refractivity contribution is -0.108. The van der Waals surface area contributed by atoms with Gasteiger partial charge >= 0.3 is 6.09 Å². The molecule has 1 aromatic rings. The van der Waals surface area contributed by atoms with Crippen molar-refractivity contribution in [1.82, 2.24) is 10.3 Å². The normalized spacial score (nSPS) is 12.6. The summed E-state index contributed by atoms with van der Waals surface area (Å²) in [6, 6.07) is 2.05. The van der Waals surface area contributed by atoms with Gasteiger partial charge in [0.05, 0.1) is 6.04 Å². The second-order valence-electron chi connectivity index (χ2n) is 5.02. The highest BCUT2D eigenvalue weighted by Crippen LogP contribution is 2.16. The molecule has 0 aromatic carbocycles. The molecule has 0 unspecified atom stereocenters. The molecule has 0 aliphatic heterocycles. The molecule has 0 aliphatic rings. The molecule has 1 atom stereocenters. The molecule has 1 heterocycles. The van der Waals surface area contributed by atoms with Gasteiger partial charge in [-0.3, -0.25) is 0 Å². The zero-order valence-electron chi connectivity index (χ0n) is 11.1. The number of nitrogens with one attached hydrogen (secondary N) is 1. The number of aromatic nitrogens is 1. The van der Waals surface area contributed by atoms with Gasteiger partial charge in [-0.05, 0) is 32.4 Å². The van der Waals surface area contributed by atoms with Crippen LogP contribution in [0.4, 0.5) is 9.18 Å². The third kappa shape index (κ3) is 5.46. The molecule has 0 saturated carbocycles. The zero-order chi connectivity index (χ0) is 14.5. The molecule has 0 aliphatic carbocycles. The summed E-state index contributed by atoms with van der Waals surface area (Å²) in [5.41, 5.74) is -0.0870. The van der Waals surface area contributed by atoms with Crippen LogP contribution in [0.3, 0.4) is 0 Å². The Morgan fingerprint density at radius 3 is 2.68 bits per heavy atom. The van der Waals surface area contributed by atoms with Crippen LogP contribution in [0.2, 0.25) is 0 Å². The largest absolute Gasteiger partial charge is 0.444 e. The van der Waals surface area contributed by atoms with E-state index in [0.717, 1.165) is 0 Å². The first-order chi connectivity index (χ1) is 8.81. The topological polar surface area (TPSA) is 68.3 Å². The summed E-state index contributed by atoms with van der Waals surface area (Å²) in [6.07, 6.45) is 1.38. The van der Waals surface area contributed by atoms with E-state index in [2.05, 4.69) is 10.3 Å². The molecule has 19 heavy (non-hydrogen) atoms. The molecule has 0 saturated heterocycles. The SMILES string of the molecule is CC(C)(C)OC(=O)N[C@@H](CC=O)c1ccc(F)nc1. The molecule has 5 nitrogen and oxygen atoms in total. The van der Waals surface area contributed by atoms with Gasteiger partial charge in [-0.1, -0.05) is 6.07 Å². The summed E-state index contributed by atoms with van der Waals surface area (Å²) in [6.45, 7) is 5.21. The first-order valence-corrected chi connectivity index (χ1v) is 5.86. The van der Waals surface area contributed by atoms with Gasteiger partial charge in [-0.2, -0.15) is 4.39 Å². The van der Waals surface area contributed by atoms with Gasteiger partial charge in [-0.15, -0.1) is 0 Å². The van der Waals surface area contributed by atoms with E-state index in [4.69, 9.17) is 4.74 Å². The van der Waals surface area contributed by atoms with Crippen molar-refractivity contribution in [2.75, 3.05) is 0 Å². The summed E-state index contributed by atoms with van der Waals surface area (Å²) in [5.74, 6) is -0.620. The predicted molar refractivity (Wildman–Crippen MR) is 67.0 cm³/mol. The first kappa shape index (κ1) is 15.1. The Bertz CT molecular complexity index is 440. The Hall–Kier alpha value is -1.98. The fraction of sp³-hybridized carbons (Fsp3) is 0.462. The fourth-order valence-electron chi connectivity index (χ4n) is 1.42. The van der Waals surface area contributed by atoms with Gasteiger partial charge in [0.25, 0.3) is 0 Å². The van der Waals surface area contributed by atoms with Gasteiger partial charge < -0.3 is 14.8 Å². The number of halogens is 1. The summed E-state index contributed by atoms with van der Waals surface area (Å²) >= 11 is 0. The number of pyridine rings is 1. The van der Waals surface area contributed by atoms with E-state index in [1.807, 2.05) is 0 Å². The third-order valence-electron chi connectivity index (χ3n) is 2.18. The van der Waals surface area contributed by atoms with Crippen LogP contribution >= 0.6 is 0 Å². The predicted octanol–water partition coefficient (Wildman–Crippen LogP) is 2.38.